The Morgan fingerprint density at radius 3 is 2.62 bits per heavy atom. The maximum atomic E-state index is 12.6. The monoisotopic (exact) mass is 324 g/mol. The molecular formula is C18H20N4O2. The summed E-state index contributed by atoms with van der Waals surface area (Å²) in [6, 6.07) is 15.4. The first-order chi connectivity index (χ1) is 11.7. The number of benzene rings is 2. The predicted molar refractivity (Wildman–Crippen MR) is 91.6 cm³/mol. The normalized spacial score (nSPS) is 10.8. The lowest BCUT2D eigenvalue weighted by atomic mass is 10.2. The number of amides is 1. The third-order valence-corrected chi connectivity index (χ3v) is 3.97. The number of ether oxygens (including phenoxy) is 1. The van der Waals surface area contributed by atoms with E-state index in [1.54, 1.807) is 16.7 Å². The summed E-state index contributed by atoms with van der Waals surface area (Å²) in [7, 11) is 1.64. The number of methoxy groups -OCH3 is 1. The van der Waals surface area contributed by atoms with Gasteiger partial charge < -0.3 is 9.64 Å². The minimum absolute atomic E-state index is 0.0176. The first-order valence-electron chi connectivity index (χ1n) is 7.90. The molecule has 3 rings (SSSR count). The van der Waals surface area contributed by atoms with Crippen molar-refractivity contribution in [3.8, 4) is 5.75 Å². The SMILES string of the molecule is CCN(Cc1ccc(OC)cc1)C(=O)Cn1nnc2ccccc21. The lowest BCUT2D eigenvalue weighted by molar-refractivity contribution is -0.132. The molecule has 0 fully saturated rings. The van der Waals surface area contributed by atoms with E-state index in [0.717, 1.165) is 22.3 Å². The van der Waals surface area contributed by atoms with Gasteiger partial charge in [0.2, 0.25) is 5.91 Å². The number of nitrogens with zero attached hydrogens (tertiary/aromatic N) is 4. The molecule has 124 valence electrons. The van der Waals surface area contributed by atoms with Gasteiger partial charge in [0, 0.05) is 13.1 Å². The maximum absolute atomic E-state index is 12.6. The first kappa shape index (κ1) is 16.0. The van der Waals surface area contributed by atoms with E-state index in [4.69, 9.17) is 4.74 Å². The average molecular weight is 324 g/mol. The van der Waals surface area contributed by atoms with Gasteiger partial charge in [-0.25, -0.2) is 4.68 Å². The van der Waals surface area contributed by atoms with Crippen LogP contribution in [0.4, 0.5) is 0 Å². The fourth-order valence-electron chi connectivity index (χ4n) is 2.59. The van der Waals surface area contributed by atoms with Gasteiger partial charge in [0.1, 0.15) is 17.8 Å². The van der Waals surface area contributed by atoms with Gasteiger partial charge in [0.15, 0.2) is 0 Å². The Hall–Kier alpha value is -2.89. The summed E-state index contributed by atoms with van der Waals surface area (Å²) >= 11 is 0. The average Bonchev–Trinajstić information content (AvgIpc) is 3.03. The quantitative estimate of drug-likeness (QED) is 0.699. The molecule has 1 amide bonds. The van der Waals surface area contributed by atoms with Gasteiger partial charge in [-0.3, -0.25) is 4.79 Å². The van der Waals surface area contributed by atoms with Gasteiger partial charge >= 0.3 is 0 Å². The fourth-order valence-corrected chi connectivity index (χ4v) is 2.59. The standard InChI is InChI=1S/C18H20N4O2/c1-3-21(12-14-8-10-15(24-2)11-9-14)18(23)13-22-17-7-5-4-6-16(17)19-20-22/h4-11H,3,12-13H2,1-2H3. The summed E-state index contributed by atoms with van der Waals surface area (Å²) in [5.74, 6) is 0.825. The Bertz CT molecular complexity index is 826. The molecule has 0 aliphatic carbocycles. The number of carbonyl (C=O) groups is 1. The highest BCUT2D eigenvalue weighted by molar-refractivity contribution is 5.79. The van der Waals surface area contributed by atoms with E-state index in [1.807, 2.05) is 55.5 Å². The Balaban J connectivity index is 1.71. The van der Waals surface area contributed by atoms with Crippen LogP contribution in [0, 0.1) is 0 Å². The highest BCUT2D eigenvalue weighted by Gasteiger charge is 2.15. The summed E-state index contributed by atoms with van der Waals surface area (Å²) in [5, 5.41) is 8.17. The molecule has 0 radical (unpaired) electrons. The largest absolute Gasteiger partial charge is 0.497 e. The molecule has 6 nitrogen and oxygen atoms in total. The van der Waals surface area contributed by atoms with Crippen molar-refractivity contribution in [1.82, 2.24) is 19.9 Å². The van der Waals surface area contributed by atoms with Crippen molar-refractivity contribution >= 4 is 16.9 Å². The van der Waals surface area contributed by atoms with Crippen LogP contribution in [0.5, 0.6) is 5.75 Å². The lowest BCUT2D eigenvalue weighted by Crippen LogP contribution is -2.33. The summed E-state index contributed by atoms with van der Waals surface area (Å²) < 4.78 is 6.81. The molecule has 0 bridgehead atoms. The smallest absolute Gasteiger partial charge is 0.244 e. The highest BCUT2D eigenvalue weighted by Crippen LogP contribution is 2.14. The predicted octanol–water partition coefficient (Wildman–Crippen LogP) is 2.49. The Morgan fingerprint density at radius 2 is 1.92 bits per heavy atom. The van der Waals surface area contributed by atoms with Gasteiger partial charge in [-0.15, -0.1) is 5.10 Å². The molecule has 3 aromatic rings. The molecule has 0 atom stereocenters. The molecule has 0 spiro atoms. The third kappa shape index (κ3) is 3.37. The Morgan fingerprint density at radius 1 is 1.17 bits per heavy atom. The van der Waals surface area contributed by atoms with Crippen molar-refractivity contribution in [3.63, 3.8) is 0 Å². The highest BCUT2D eigenvalue weighted by atomic mass is 16.5. The van der Waals surface area contributed by atoms with E-state index < -0.39 is 0 Å². The molecule has 0 unspecified atom stereocenters. The van der Waals surface area contributed by atoms with Crippen molar-refractivity contribution in [3.05, 3.63) is 54.1 Å². The van der Waals surface area contributed by atoms with Crippen LogP contribution in [0.25, 0.3) is 11.0 Å². The van der Waals surface area contributed by atoms with Crippen molar-refractivity contribution in [1.29, 1.82) is 0 Å². The molecule has 0 saturated heterocycles. The van der Waals surface area contributed by atoms with E-state index in [-0.39, 0.29) is 12.5 Å². The zero-order chi connectivity index (χ0) is 16.9. The summed E-state index contributed by atoms with van der Waals surface area (Å²) in [6.07, 6.45) is 0. The fraction of sp³-hybridized carbons (Fsp3) is 0.278. The van der Waals surface area contributed by atoms with E-state index in [0.29, 0.717) is 13.1 Å². The molecule has 2 aromatic carbocycles. The molecular weight excluding hydrogens is 304 g/mol. The first-order valence-corrected chi connectivity index (χ1v) is 7.90. The van der Waals surface area contributed by atoms with Gasteiger partial charge in [-0.2, -0.15) is 0 Å². The number of likely N-dealkylation sites (N-methyl/N-ethyl adjacent to an activating group) is 1. The lowest BCUT2D eigenvalue weighted by Gasteiger charge is -2.21. The summed E-state index contributed by atoms with van der Waals surface area (Å²) in [5.41, 5.74) is 2.73. The number of rotatable bonds is 6. The van der Waals surface area contributed by atoms with Crippen molar-refractivity contribution in [2.45, 2.75) is 20.0 Å². The topological polar surface area (TPSA) is 60.2 Å². The van der Waals surface area contributed by atoms with Crippen LogP contribution in [0.15, 0.2) is 48.5 Å². The van der Waals surface area contributed by atoms with Gasteiger partial charge in [0.05, 0.1) is 12.6 Å². The third-order valence-electron chi connectivity index (χ3n) is 3.97. The molecule has 0 aliphatic heterocycles. The molecule has 1 aromatic heterocycles. The number of aromatic nitrogens is 3. The Labute approximate surface area is 140 Å². The van der Waals surface area contributed by atoms with Crippen LogP contribution in [0.3, 0.4) is 0 Å². The van der Waals surface area contributed by atoms with Crippen LogP contribution in [0.2, 0.25) is 0 Å². The minimum Gasteiger partial charge on any atom is -0.497 e. The summed E-state index contributed by atoms with van der Waals surface area (Å²) in [6.45, 7) is 3.36. The van der Waals surface area contributed by atoms with E-state index in [1.165, 1.54) is 0 Å². The second-order valence-corrected chi connectivity index (χ2v) is 5.49. The van der Waals surface area contributed by atoms with Crippen molar-refractivity contribution < 1.29 is 9.53 Å². The van der Waals surface area contributed by atoms with Crippen LogP contribution in [-0.4, -0.2) is 39.5 Å². The maximum Gasteiger partial charge on any atom is 0.244 e. The second kappa shape index (κ2) is 7.12. The zero-order valence-electron chi connectivity index (χ0n) is 13.8. The van der Waals surface area contributed by atoms with Gasteiger partial charge in [-0.05, 0) is 36.8 Å². The molecule has 0 N–H and O–H groups in total. The molecule has 24 heavy (non-hydrogen) atoms. The Kier molecular flexibility index (Phi) is 4.74. The van der Waals surface area contributed by atoms with Crippen LogP contribution in [0.1, 0.15) is 12.5 Å². The van der Waals surface area contributed by atoms with E-state index in [2.05, 4.69) is 10.3 Å². The van der Waals surface area contributed by atoms with Crippen molar-refractivity contribution in [2.75, 3.05) is 13.7 Å². The van der Waals surface area contributed by atoms with Crippen LogP contribution >= 0.6 is 0 Å². The zero-order valence-corrected chi connectivity index (χ0v) is 13.8. The number of hydrogen-bond acceptors (Lipinski definition) is 4. The molecule has 1 heterocycles. The minimum atomic E-state index is 0.0176. The summed E-state index contributed by atoms with van der Waals surface area (Å²) in [4.78, 5) is 14.4. The second-order valence-electron chi connectivity index (χ2n) is 5.49. The molecule has 0 saturated carbocycles. The van der Waals surface area contributed by atoms with Crippen molar-refractivity contribution in [2.24, 2.45) is 0 Å². The number of carbonyl (C=O) groups excluding carboxylic acids is 1. The molecule has 0 aliphatic rings. The van der Waals surface area contributed by atoms with E-state index >= 15 is 0 Å². The number of hydrogen-bond donors (Lipinski definition) is 0. The van der Waals surface area contributed by atoms with Crippen LogP contribution < -0.4 is 4.74 Å². The van der Waals surface area contributed by atoms with Gasteiger partial charge in [-0.1, -0.05) is 29.5 Å². The number of para-hydroxylation sites is 1. The van der Waals surface area contributed by atoms with E-state index in [9.17, 15) is 4.79 Å². The molecule has 6 heteroatoms. The van der Waals surface area contributed by atoms with Gasteiger partial charge in [0.25, 0.3) is 0 Å². The van der Waals surface area contributed by atoms with Crippen LogP contribution in [-0.2, 0) is 17.9 Å². The number of fused-ring (bicyclic) bond motifs is 1.